The molecular formula is C16H23IN8. The zero-order valence-corrected chi connectivity index (χ0v) is 16.9. The summed E-state index contributed by atoms with van der Waals surface area (Å²) < 4.78 is 3.81. The van der Waals surface area contributed by atoms with E-state index >= 15 is 0 Å². The minimum atomic E-state index is 0. The lowest BCUT2D eigenvalue weighted by Crippen LogP contribution is -2.37. The molecule has 2 N–H and O–H groups in total. The summed E-state index contributed by atoms with van der Waals surface area (Å²) in [6.07, 6.45) is 1.53. The second kappa shape index (κ2) is 8.79. The lowest BCUT2D eigenvalue weighted by Gasteiger charge is -2.11. The van der Waals surface area contributed by atoms with Gasteiger partial charge in [0.25, 0.3) is 0 Å². The summed E-state index contributed by atoms with van der Waals surface area (Å²) >= 11 is 0. The fraction of sp³-hybridized carbons (Fsp3) is 0.375. The molecule has 0 radical (unpaired) electrons. The van der Waals surface area contributed by atoms with E-state index in [4.69, 9.17) is 0 Å². The third-order valence-corrected chi connectivity index (χ3v) is 3.82. The highest BCUT2D eigenvalue weighted by molar-refractivity contribution is 14.0. The SMILES string of the molecule is CCNC(=NCc1ncnn1C)NCc1nc2ccccc2n1C.I. The van der Waals surface area contributed by atoms with Crippen LogP contribution in [0.5, 0.6) is 0 Å². The molecule has 134 valence electrons. The number of nitrogens with zero attached hydrogens (tertiary/aromatic N) is 6. The Morgan fingerprint density at radius 1 is 1.16 bits per heavy atom. The van der Waals surface area contributed by atoms with Crippen molar-refractivity contribution in [1.29, 1.82) is 0 Å². The van der Waals surface area contributed by atoms with Crippen molar-refractivity contribution in [2.45, 2.75) is 20.0 Å². The Hall–Kier alpha value is -2.17. The minimum Gasteiger partial charge on any atom is -0.357 e. The van der Waals surface area contributed by atoms with Crippen LogP contribution in [0.3, 0.4) is 0 Å². The van der Waals surface area contributed by atoms with Gasteiger partial charge in [-0.25, -0.2) is 15.0 Å². The molecule has 0 aliphatic rings. The number of aliphatic imine (C=N–C) groups is 1. The van der Waals surface area contributed by atoms with Crippen molar-refractivity contribution in [1.82, 2.24) is 34.9 Å². The normalized spacial score (nSPS) is 11.4. The average Bonchev–Trinajstić information content (AvgIpc) is 3.14. The molecule has 3 aromatic rings. The highest BCUT2D eigenvalue weighted by atomic mass is 127. The van der Waals surface area contributed by atoms with Crippen LogP contribution in [0.15, 0.2) is 35.6 Å². The van der Waals surface area contributed by atoms with Crippen LogP contribution < -0.4 is 10.6 Å². The summed E-state index contributed by atoms with van der Waals surface area (Å²) in [5.41, 5.74) is 2.12. The van der Waals surface area contributed by atoms with E-state index in [1.165, 1.54) is 6.33 Å². The van der Waals surface area contributed by atoms with Crippen LogP contribution in [-0.4, -0.2) is 36.8 Å². The molecule has 8 nitrogen and oxygen atoms in total. The van der Waals surface area contributed by atoms with Crippen LogP contribution in [0.4, 0.5) is 0 Å². The summed E-state index contributed by atoms with van der Waals surface area (Å²) in [6.45, 7) is 3.88. The first-order chi connectivity index (χ1) is 11.7. The predicted molar refractivity (Wildman–Crippen MR) is 109 cm³/mol. The number of aryl methyl sites for hydroxylation is 2. The Balaban J connectivity index is 0.00000225. The maximum atomic E-state index is 4.66. The van der Waals surface area contributed by atoms with E-state index in [-0.39, 0.29) is 24.0 Å². The van der Waals surface area contributed by atoms with Gasteiger partial charge in [0.15, 0.2) is 5.96 Å². The quantitative estimate of drug-likeness (QED) is 0.348. The molecule has 25 heavy (non-hydrogen) atoms. The van der Waals surface area contributed by atoms with E-state index in [0.29, 0.717) is 13.1 Å². The fourth-order valence-electron chi connectivity index (χ4n) is 2.47. The van der Waals surface area contributed by atoms with Crippen LogP contribution >= 0.6 is 24.0 Å². The number of nitrogens with one attached hydrogen (secondary N) is 2. The molecule has 0 aliphatic carbocycles. The van der Waals surface area contributed by atoms with Crippen LogP contribution in [0.25, 0.3) is 11.0 Å². The van der Waals surface area contributed by atoms with Crippen LogP contribution in [0, 0.1) is 0 Å². The van der Waals surface area contributed by atoms with Gasteiger partial charge >= 0.3 is 0 Å². The predicted octanol–water partition coefficient (Wildman–Crippen LogP) is 1.58. The number of fused-ring (bicyclic) bond motifs is 1. The molecule has 0 fully saturated rings. The van der Waals surface area contributed by atoms with Crippen LogP contribution in [0.2, 0.25) is 0 Å². The van der Waals surface area contributed by atoms with Crippen molar-refractivity contribution >= 4 is 41.0 Å². The zero-order chi connectivity index (χ0) is 16.9. The van der Waals surface area contributed by atoms with Crippen molar-refractivity contribution < 1.29 is 0 Å². The van der Waals surface area contributed by atoms with Crippen LogP contribution in [0.1, 0.15) is 18.6 Å². The summed E-state index contributed by atoms with van der Waals surface area (Å²) in [5.74, 6) is 2.50. The first-order valence-electron chi connectivity index (χ1n) is 7.94. The monoisotopic (exact) mass is 454 g/mol. The molecule has 0 amide bonds. The number of imidazole rings is 1. The van der Waals surface area contributed by atoms with Gasteiger partial charge in [-0.15, -0.1) is 24.0 Å². The number of guanidine groups is 1. The minimum absolute atomic E-state index is 0. The molecule has 0 unspecified atom stereocenters. The smallest absolute Gasteiger partial charge is 0.192 e. The highest BCUT2D eigenvalue weighted by Crippen LogP contribution is 2.13. The zero-order valence-electron chi connectivity index (χ0n) is 14.6. The summed E-state index contributed by atoms with van der Waals surface area (Å²) in [6, 6.07) is 8.11. The van der Waals surface area contributed by atoms with Crippen molar-refractivity contribution in [3.05, 3.63) is 42.2 Å². The van der Waals surface area contributed by atoms with Gasteiger partial charge in [-0.1, -0.05) is 12.1 Å². The Morgan fingerprint density at radius 3 is 2.64 bits per heavy atom. The first-order valence-corrected chi connectivity index (χ1v) is 7.94. The molecule has 0 spiro atoms. The number of benzene rings is 1. The van der Waals surface area contributed by atoms with Crippen molar-refractivity contribution in [2.24, 2.45) is 19.1 Å². The molecule has 1 aromatic carbocycles. The fourth-order valence-corrected chi connectivity index (χ4v) is 2.47. The molecule has 0 bridgehead atoms. The summed E-state index contributed by atoms with van der Waals surface area (Å²) in [5, 5.41) is 10.6. The van der Waals surface area contributed by atoms with Gasteiger partial charge in [-0.3, -0.25) is 4.68 Å². The third kappa shape index (κ3) is 4.47. The molecule has 3 rings (SSSR count). The lowest BCUT2D eigenvalue weighted by molar-refractivity contribution is 0.693. The number of halogens is 1. The van der Waals surface area contributed by atoms with E-state index in [9.17, 15) is 0 Å². The highest BCUT2D eigenvalue weighted by Gasteiger charge is 2.08. The van der Waals surface area contributed by atoms with Gasteiger partial charge in [0.1, 0.15) is 24.5 Å². The average molecular weight is 454 g/mol. The number of hydrogen-bond acceptors (Lipinski definition) is 4. The second-order valence-electron chi connectivity index (χ2n) is 5.42. The van der Waals surface area contributed by atoms with E-state index < -0.39 is 0 Å². The first kappa shape index (κ1) is 19.2. The van der Waals surface area contributed by atoms with Gasteiger partial charge in [-0.2, -0.15) is 5.10 Å². The Labute approximate surface area is 163 Å². The third-order valence-electron chi connectivity index (χ3n) is 3.82. The van der Waals surface area contributed by atoms with Crippen molar-refractivity contribution in [3.8, 4) is 0 Å². The molecule has 2 heterocycles. The molecule has 2 aromatic heterocycles. The number of aromatic nitrogens is 5. The molecule has 0 saturated carbocycles. The standard InChI is InChI=1S/C16H22N8.HI/c1-4-17-16(18-9-14-20-11-21-24(14)3)19-10-15-22-12-7-5-6-8-13(12)23(15)2;/h5-8,11H,4,9-10H2,1-3H3,(H2,17,18,19);1H. The van der Waals surface area contributed by atoms with Gasteiger partial charge in [0.2, 0.25) is 0 Å². The maximum absolute atomic E-state index is 4.66. The molecular weight excluding hydrogens is 431 g/mol. The van der Waals surface area contributed by atoms with Gasteiger partial charge in [0.05, 0.1) is 17.6 Å². The summed E-state index contributed by atoms with van der Waals surface area (Å²) in [7, 11) is 3.88. The lowest BCUT2D eigenvalue weighted by atomic mass is 10.3. The molecule has 0 atom stereocenters. The number of hydrogen-bond donors (Lipinski definition) is 2. The van der Waals surface area contributed by atoms with Gasteiger partial charge in [0, 0.05) is 20.6 Å². The van der Waals surface area contributed by atoms with Crippen LogP contribution in [-0.2, 0) is 27.2 Å². The summed E-state index contributed by atoms with van der Waals surface area (Å²) in [4.78, 5) is 13.4. The number of para-hydroxylation sites is 2. The van der Waals surface area contributed by atoms with Gasteiger partial charge < -0.3 is 15.2 Å². The second-order valence-corrected chi connectivity index (χ2v) is 5.42. The Bertz CT molecular complexity index is 851. The maximum Gasteiger partial charge on any atom is 0.192 e. The topological polar surface area (TPSA) is 84.9 Å². The molecule has 9 heteroatoms. The largest absolute Gasteiger partial charge is 0.357 e. The van der Waals surface area contributed by atoms with E-state index in [1.54, 1.807) is 4.68 Å². The van der Waals surface area contributed by atoms with Gasteiger partial charge in [-0.05, 0) is 19.1 Å². The molecule has 0 aliphatic heterocycles. The number of rotatable bonds is 5. The van der Waals surface area contributed by atoms with Crippen molar-refractivity contribution in [3.63, 3.8) is 0 Å². The van der Waals surface area contributed by atoms with E-state index in [2.05, 4.69) is 41.3 Å². The Morgan fingerprint density at radius 2 is 1.96 bits per heavy atom. The Kier molecular flexibility index (Phi) is 6.73. The van der Waals surface area contributed by atoms with E-state index in [0.717, 1.165) is 35.2 Å². The van der Waals surface area contributed by atoms with E-state index in [1.807, 2.05) is 39.2 Å². The van der Waals surface area contributed by atoms with Crippen molar-refractivity contribution in [2.75, 3.05) is 6.54 Å². The molecule has 0 saturated heterocycles.